The van der Waals surface area contributed by atoms with Crippen molar-refractivity contribution in [2.45, 2.75) is 18.5 Å². The van der Waals surface area contributed by atoms with Crippen molar-refractivity contribution < 1.29 is 9.59 Å². The summed E-state index contributed by atoms with van der Waals surface area (Å²) in [5.74, 6) is -0.216. The van der Waals surface area contributed by atoms with Crippen molar-refractivity contribution in [1.82, 2.24) is 15.5 Å². The van der Waals surface area contributed by atoms with Gasteiger partial charge in [0, 0.05) is 13.1 Å². The molecule has 5 nitrogen and oxygen atoms in total. The lowest BCUT2D eigenvalue weighted by Gasteiger charge is -2.31. The summed E-state index contributed by atoms with van der Waals surface area (Å²) < 4.78 is 0. The largest absolute Gasteiger partial charge is 0.353 e. The Balaban J connectivity index is 1.76. The van der Waals surface area contributed by atoms with Crippen molar-refractivity contribution in [2.24, 2.45) is 0 Å². The van der Waals surface area contributed by atoms with E-state index in [0.717, 1.165) is 17.7 Å². The first-order chi connectivity index (χ1) is 12.1. The minimum atomic E-state index is -0.416. The van der Waals surface area contributed by atoms with Gasteiger partial charge in [0.15, 0.2) is 0 Å². The molecular formula is C20H23N3O2. The lowest BCUT2D eigenvalue weighted by atomic mass is 9.98. The molecule has 5 heteroatoms. The summed E-state index contributed by atoms with van der Waals surface area (Å²) in [4.78, 5) is 26.6. The second-order valence-electron chi connectivity index (χ2n) is 6.31. The van der Waals surface area contributed by atoms with E-state index in [4.69, 9.17) is 0 Å². The predicted molar refractivity (Wildman–Crippen MR) is 96.9 cm³/mol. The molecule has 3 rings (SSSR count). The molecule has 0 saturated carbocycles. The van der Waals surface area contributed by atoms with E-state index < -0.39 is 6.04 Å². The number of nitrogens with zero attached hydrogens (tertiary/aromatic N) is 1. The monoisotopic (exact) mass is 337 g/mol. The zero-order valence-electron chi connectivity index (χ0n) is 14.3. The van der Waals surface area contributed by atoms with Gasteiger partial charge in [-0.3, -0.25) is 14.5 Å². The summed E-state index contributed by atoms with van der Waals surface area (Å²) in [6.07, 6.45) is 0.151. The second-order valence-corrected chi connectivity index (χ2v) is 6.31. The van der Waals surface area contributed by atoms with Crippen LogP contribution in [-0.2, 0) is 9.59 Å². The molecule has 1 fully saturated rings. The van der Waals surface area contributed by atoms with Crippen LogP contribution in [0.25, 0.3) is 0 Å². The smallest absolute Gasteiger partial charge is 0.237 e. The fraction of sp³-hybridized carbons (Fsp3) is 0.300. The molecule has 2 amide bonds. The fourth-order valence-corrected chi connectivity index (χ4v) is 3.12. The number of hydrogen-bond acceptors (Lipinski definition) is 3. The number of nitrogens with one attached hydrogen (secondary N) is 2. The Morgan fingerprint density at radius 1 is 1.12 bits per heavy atom. The van der Waals surface area contributed by atoms with Gasteiger partial charge in [0.2, 0.25) is 11.8 Å². The lowest BCUT2D eigenvalue weighted by Crippen LogP contribution is -2.55. The van der Waals surface area contributed by atoms with Crippen molar-refractivity contribution in [3.63, 3.8) is 0 Å². The Hall–Kier alpha value is -2.66. The van der Waals surface area contributed by atoms with Crippen LogP contribution in [0.15, 0.2) is 60.7 Å². The third kappa shape index (κ3) is 4.25. The van der Waals surface area contributed by atoms with E-state index in [9.17, 15) is 9.59 Å². The van der Waals surface area contributed by atoms with Gasteiger partial charge in [-0.1, -0.05) is 60.7 Å². The van der Waals surface area contributed by atoms with Crippen LogP contribution in [0, 0.1) is 0 Å². The molecule has 1 aliphatic rings. The van der Waals surface area contributed by atoms with Gasteiger partial charge in [-0.05, 0) is 18.2 Å². The van der Waals surface area contributed by atoms with Gasteiger partial charge >= 0.3 is 0 Å². The Labute approximate surface area is 148 Å². The molecule has 0 aliphatic carbocycles. The Kier molecular flexibility index (Phi) is 5.46. The normalized spacial score (nSPS) is 18.0. The maximum absolute atomic E-state index is 12.6. The van der Waals surface area contributed by atoms with E-state index >= 15 is 0 Å². The summed E-state index contributed by atoms with van der Waals surface area (Å²) in [6.45, 7) is 1.38. The van der Waals surface area contributed by atoms with Crippen LogP contribution in [0.2, 0.25) is 0 Å². The molecule has 0 bridgehead atoms. The zero-order valence-corrected chi connectivity index (χ0v) is 14.3. The fourth-order valence-electron chi connectivity index (χ4n) is 3.12. The Morgan fingerprint density at radius 3 is 2.20 bits per heavy atom. The van der Waals surface area contributed by atoms with Gasteiger partial charge in [-0.2, -0.15) is 0 Å². The first-order valence-corrected chi connectivity index (χ1v) is 8.52. The second kappa shape index (κ2) is 7.94. The summed E-state index contributed by atoms with van der Waals surface area (Å²) >= 11 is 0. The molecule has 130 valence electrons. The highest BCUT2D eigenvalue weighted by Gasteiger charge is 2.29. The topological polar surface area (TPSA) is 61.4 Å². The van der Waals surface area contributed by atoms with Crippen LogP contribution in [-0.4, -0.2) is 42.9 Å². The van der Waals surface area contributed by atoms with Crippen LogP contribution in [0.1, 0.15) is 23.6 Å². The minimum absolute atomic E-state index is 0.0835. The zero-order chi connectivity index (χ0) is 17.6. The third-order valence-electron chi connectivity index (χ3n) is 4.55. The third-order valence-corrected chi connectivity index (χ3v) is 4.55. The number of rotatable bonds is 5. The number of carbonyl (C=O) groups is 2. The first kappa shape index (κ1) is 17.2. The van der Waals surface area contributed by atoms with Gasteiger partial charge in [-0.25, -0.2) is 0 Å². The van der Waals surface area contributed by atoms with Crippen LogP contribution in [0.4, 0.5) is 0 Å². The average Bonchev–Trinajstić information content (AvgIpc) is 2.64. The molecule has 25 heavy (non-hydrogen) atoms. The van der Waals surface area contributed by atoms with Crippen molar-refractivity contribution in [1.29, 1.82) is 0 Å². The quantitative estimate of drug-likeness (QED) is 0.873. The van der Waals surface area contributed by atoms with E-state index in [1.807, 2.05) is 72.6 Å². The van der Waals surface area contributed by atoms with Crippen LogP contribution >= 0.6 is 0 Å². The molecule has 2 aromatic rings. The Bertz CT molecular complexity index is 679. The van der Waals surface area contributed by atoms with Crippen molar-refractivity contribution >= 4 is 11.8 Å². The van der Waals surface area contributed by atoms with E-state index in [1.165, 1.54) is 0 Å². The van der Waals surface area contributed by atoms with Gasteiger partial charge < -0.3 is 10.6 Å². The SMILES string of the molecule is CN1CCNC(=O)C1CC(=O)NC(c1ccccc1)c1ccccc1. The van der Waals surface area contributed by atoms with Crippen LogP contribution in [0.5, 0.6) is 0 Å². The average molecular weight is 337 g/mol. The summed E-state index contributed by atoms with van der Waals surface area (Å²) in [5, 5.41) is 5.92. The van der Waals surface area contributed by atoms with E-state index in [-0.39, 0.29) is 24.3 Å². The molecule has 2 aromatic carbocycles. The van der Waals surface area contributed by atoms with E-state index in [1.54, 1.807) is 0 Å². The predicted octanol–water partition coefficient (Wildman–Crippen LogP) is 1.71. The molecule has 2 N–H and O–H groups in total. The van der Waals surface area contributed by atoms with Gasteiger partial charge in [-0.15, -0.1) is 0 Å². The summed E-state index contributed by atoms with van der Waals surface area (Å²) in [5.41, 5.74) is 2.03. The minimum Gasteiger partial charge on any atom is -0.353 e. The van der Waals surface area contributed by atoms with Crippen molar-refractivity contribution in [3.05, 3.63) is 71.8 Å². The highest BCUT2D eigenvalue weighted by molar-refractivity contribution is 5.89. The maximum atomic E-state index is 12.6. The highest BCUT2D eigenvalue weighted by atomic mass is 16.2. The number of carbonyl (C=O) groups excluding carboxylic acids is 2. The number of benzene rings is 2. The molecule has 0 spiro atoms. The molecule has 1 saturated heterocycles. The molecule has 0 aromatic heterocycles. The standard InChI is InChI=1S/C20H23N3O2/c1-23-13-12-21-20(25)17(23)14-18(24)22-19(15-8-4-2-5-9-15)16-10-6-3-7-11-16/h2-11,17,19H,12-14H2,1H3,(H,21,25)(H,22,24). The number of piperazine rings is 1. The van der Waals surface area contributed by atoms with E-state index in [2.05, 4.69) is 10.6 Å². The van der Waals surface area contributed by atoms with E-state index in [0.29, 0.717) is 6.54 Å². The van der Waals surface area contributed by atoms with Gasteiger partial charge in [0.1, 0.15) is 0 Å². The number of hydrogen-bond donors (Lipinski definition) is 2. The van der Waals surface area contributed by atoms with Crippen LogP contribution < -0.4 is 10.6 Å². The molecular weight excluding hydrogens is 314 g/mol. The van der Waals surface area contributed by atoms with Gasteiger partial charge in [0.25, 0.3) is 0 Å². The van der Waals surface area contributed by atoms with Crippen LogP contribution in [0.3, 0.4) is 0 Å². The van der Waals surface area contributed by atoms with Gasteiger partial charge in [0.05, 0.1) is 18.5 Å². The number of amides is 2. The Morgan fingerprint density at radius 2 is 1.68 bits per heavy atom. The molecule has 1 heterocycles. The highest BCUT2D eigenvalue weighted by Crippen LogP contribution is 2.22. The summed E-state index contributed by atoms with van der Waals surface area (Å²) in [6, 6.07) is 19.1. The first-order valence-electron chi connectivity index (χ1n) is 8.52. The summed E-state index contributed by atoms with van der Waals surface area (Å²) in [7, 11) is 1.88. The molecule has 0 radical (unpaired) electrons. The molecule has 1 atom stereocenters. The number of likely N-dealkylation sites (N-methyl/N-ethyl adjacent to an activating group) is 1. The lowest BCUT2D eigenvalue weighted by molar-refractivity contribution is -0.133. The van der Waals surface area contributed by atoms with Crippen molar-refractivity contribution in [3.8, 4) is 0 Å². The molecule has 1 unspecified atom stereocenters. The molecule has 1 aliphatic heterocycles. The van der Waals surface area contributed by atoms with Crippen molar-refractivity contribution in [2.75, 3.05) is 20.1 Å². The maximum Gasteiger partial charge on any atom is 0.237 e.